The molecule has 1 N–H and O–H groups in total. The lowest BCUT2D eigenvalue weighted by molar-refractivity contribution is 0.381. The first-order chi connectivity index (χ1) is 7.78. The van der Waals surface area contributed by atoms with Crippen LogP contribution in [0.25, 0.3) is 0 Å². The molecule has 0 fully saturated rings. The van der Waals surface area contributed by atoms with Gasteiger partial charge in [-0.1, -0.05) is 13.0 Å². The second kappa shape index (κ2) is 5.63. The molecule has 0 spiro atoms. The van der Waals surface area contributed by atoms with Crippen molar-refractivity contribution in [3.05, 3.63) is 35.1 Å². The largest absolute Gasteiger partial charge is 0.312 e. The van der Waals surface area contributed by atoms with E-state index < -0.39 is 0 Å². The maximum atomic E-state index is 13.0. The predicted molar refractivity (Wildman–Crippen MR) is 71.8 cm³/mol. The second-order valence-corrected chi connectivity index (χ2v) is 6.01. The highest BCUT2D eigenvalue weighted by Gasteiger charge is 2.12. The Morgan fingerprint density at radius 2 is 1.94 bits per heavy atom. The smallest absolute Gasteiger partial charge is 0.123 e. The fourth-order valence-electron chi connectivity index (χ4n) is 1.82. The van der Waals surface area contributed by atoms with E-state index in [-0.39, 0.29) is 11.4 Å². The Morgan fingerprint density at radius 1 is 1.29 bits per heavy atom. The van der Waals surface area contributed by atoms with E-state index in [0.29, 0.717) is 5.92 Å². The third-order valence-corrected chi connectivity index (χ3v) is 2.85. The molecule has 17 heavy (non-hydrogen) atoms. The summed E-state index contributed by atoms with van der Waals surface area (Å²) >= 11 is 0. The zero-order valence-electron chi connectivity index (χ0n) is 11.6. The van der Waals surface area contributed by atoms with E-state index in [1.807, 2.05) is 13.0 Å². The molecule has 0 saturated carbocycles. The van der Waals surface area contributed by atoms with Gasteiger partial charge in [0.15, 0.2) is 0 Å². The molecule has 0 heterocycles. The summed E-state index contributed by atoms with van der Waals surface area (Å²) in [4.78, 5) is 0. The normalized spacial score (nSPS) is 13.8. The summed E-state index contributed by atoms with van der Waals surface area (Å²) in [5.74, 6) is 0.408. The van der Waals surface area contributed by atoms with Gasteiger partial charge >= 0.3 is 0 Å². The van der Waals surface area contributed by atoms with Crippen molar-refractivity contribution in [1.82, 2.24) is 5.32 Å². The highest BCUT2D eigenvalue weighted by molar-refractivity contribution is 5.26. The molecule has 1 nitrogen and oxygen atoms in total. The molecule has 0 bridgehead atoms. The fraction of sp³-hybridized carbons (Fsp3) is 0.600. The van der Waals surface area contributed by atoms with Crippen LogP contribution in [-0.4, -0.2) is 12.1 Å². The Kier molecular flexibility index (Phi) is 4.70. The van der Waals surface area contributed by atoms with Crippen LogP contribution in [0.5, 0.6) is 0 Å². The number of halogens is 1. The van der Waals surface area contributed by atoms with Crippen molar-refractivity contribution >= 4 is 0 Å². The summed E-state index contributed by atoms with van der Waals surface area (Å²) in [6.45, 7) is 11.7. The molecule has 1 unspecified atom stereocenters. The molecule has 1 atom stereocenters. The molecular weight excluding hydrogens is 213 g/mol. The first-order valence-electron chi connectivity index (χ1n) is 6.28. The van der Waals surface area contributed by atoms with Crippen molar-refractivity contribution in [1.29, 1.82) is 0 Å². The van der Waals surface area contributed by atoms with Gasteiger partial charge in [0, 0.05) is 5.54 Å². The molecule has 0 amide bonds. The minimum absolute atomic E-state index is 0.147. The molecule has 0 radical (unpaired) electrons. The summed E-state index contributed by atoms with van der Waals surface area (Å²) in [5, 5.41) is 3.50. The highest BCUT2D eigenvalue weighted by atomic mass is 19.1. The Morgan fingerprint density at radius 3 is 2.47 bits per heavy atom. The van der Waals surface area contributed by atoms with E-state index in [4.69, 9.17) is 0 Å². The van der Waals surface area contributed by atoms with Gasteiger partial charge in [0.25, 0.3) is 0 Å². The number of hydrogen-bond acceptors (Lipinski definition) is 1. The number of benzene rings is 1. The van der Waals surface area contributed by atoms with Gasteiger partial charge in [-0.15, -0.1) is 0 Å². The number of nitrogens with one attached hydrogen (secondary N) is 1. The molecule has 1 rings (SSSR count). The van der Waals surface area contributed by atoms with Crippen molar-refractivity contribution in [2.45, 2.75) is 46.6 Å². The molecule has 0 saturated heterocycles. The van der Waals surface area contributed by atoms with Crippen LogP contribution in [0.4, 0.5) is 4.39 Å². The van der Waals surface area contributed by atoms with Crippen LogP contribution in [0.15, 0.2) is 18.2 Å². The zero-order valence-corrected chi connectivity index (χ0v) is 11.6. The molecule has 0 aliphatic carbocycles. The Bertz CT molecular complexity index is 366. The Hall–Kier alpha value is -0.890. The molecule has 1 aromatic rings. The lowest BCUT2D eigenvalue weighted by atomic mass is 9.96. The first-order valence-corrected chi connectivity index (χ1v) is 6.28. The zero-order chi connectivity index (χ0) is 13.1. The average molecular weight is 237 g/mol. The van der Waals surface area contributed by atoms with Gasteiger partial charge in [-0.25, -0.2) is 4.39 Å². The summed E-state index contributed by atoms with van der Waals surface area (Å²) < 4.78 is 13.0. The lowest BCUT2D eigenvalue weighted by Gasteiger charge is -2.23. The van der Waals surface area contributed by atoms with Gasteiger partial charge in [-0.05, 0) is 69.8 Å². The van der Waals surface area contributed by atoms with Crippen LogP contribution < -0.4 is 5.32 Å². The maximum Gasteiger partial charge on any atom is 0.123 e. The maximum absolute atomic E-state index is 13.0. The number of hydrogen-bond donors (Lipinski definition) is 1. The molecule has 0 aliphatic heterocycles. The van der Waals surface area contributed by atoms with Crippen LogP contribution in [0.3, 0.4) is 0 Å². The topological polar surface area (TPSA) is 12.0 Å². The molecule has 0 aliphatic rings. The van der Waals surface area contributed by atoms with Crippen LogP contribution in [0.2, 0.25) is 0 Å². The van der Waals surface area contributed by atoms with E-state index in [2.05, 4.69) is 33.0 Å². The average Bonchev–Trinajstić information content (AvgIpc) is 2.18. The van der Waals surface area contributed by atoms with E-state index in [9.17, 15) is 4.39 Å². The summed E-state index contributed by atoms with van der Waals surface area (Å²) in [6.07, 6.45) is 0.995. The second-order valence-electron chi connectivity index (χ2n) is 6.01. The standard InChI is InChI=1S/C15H24FN/c1-11(10-17-15(3,4)5)8-13-6-7-14(16)9-12(13)2/h6-7,9,11,17H,8,10H2,1-5H3. The number of aryl methyl sites for hydroxylation is 1. The van der Waals surface area contributed by atoms with Gasteiger partial charge in [0.05, 0.1) is 0 Å². The predicted octanol–water partition coefficient (Wildman–Crippen LogP) is 3.70. The number of rotatable bonds is 4. The van der Waals surface area contributed by atoms with Gasteiger partial charge in [-0.3, -0.25) is 0 Å². The van der Waals surface area contributed by atoms with Crippen molar-refractivity contribution in [3.63, 3.8) is 0 Å². The summed E-state index contributed by atoms with van der Waals surface area (Å²) in [7, 11) is 0. The van der Waals surface area contributed by atoms with Crippen LogP contribution in [0, 0.1) is 18.7 Å². The van der Waals surface area contributed by atoms with Crippen LogP contribution >= 0.6 is 0 Å². The van der Waals surface area contributed by atoms with E-state index in [0.717, 1.165) is 18.5 Å². The molecule has 96 valence electrons. The van der Waals surface area contributed by atoms with E-state index in [1.165, 1.54) is 5.56 Å². The monoisotopic (exact) mass is 237 g/mol. The van der Waals surface area contributed by atoms with Gasteiger partial charge in [0.2, 0.25) is 0 Å². The molecule has 2 heteroatoms. The third kappa shape index (κ3) is 5.31. The van der Waals surface area contributed by atoms with Crippen molar-refractivity contribution in [2.75, 3.05) is 6.54 Å². The fourth-order valence-corrected chi connectivity index (χ4v) is 1.82. The lowest BCUT2D eigenvalue weighted by Crippen LogP contribution is -2.39. The van der Waals surface area contributed by atoms with Crippen molar-refractivity contribution in [2.24, 2.45) is 5.92 Å². The minimum atomic E-state index is -0.147. The first kappa shape index (κ1) is 14.2. The Labute approximate surface area is 104 Å². The van der Waals surface area contributed by atoms with E-state index >= 15 is 0 Å². The van der Waals surface area contributed by atoms with E-state index in [1.54, 1.807) is 12.1 Å². The van der Waals surface area contributed by atoms with Gasteiger partial charge in [0.1, 0.15) is 5.82 Å². The highest BCUT2D eigenvalue weighted by Crippen LogP contribution is 2.15. The molecule has 1 aromatic carbocycles. The van der Waals surface area contributed by atoms with Gasteiger partial charge < -0.3 is 5.32 Å². The summed E-state index contributed by atoms with van der Waals surface area (Å²) in [6, 6.07) is 5.06. The van der Waals surface area contributed by atoms with Crippen LogP contribution in [0.1, 0.15) is 38.8 Å². The SMILES string of the molecule is Cc1cc(F)ccc1CC(C)CNC(C)(C)C. The quantitative estimate of drug-likeness (QED) is 0.842. The Balaban J connectivity index is 2.53. The third-order valence-electron chi connectivity index (χ3n) is 2.85. The minimum Gasteiger partial charge on any atom is -0.312 e. The molecule has 0 aromatic heterocycles. The summed E-state index contributed by atoms with van der Waals surface area (Å²) in [5.41, 5.74) is 2.45. The van der Waals surface area contributed by atoms with Crippen molar-refractivity contribution < 1.29 is 4.39 Å². The van der Waals surface area contributed by atoms with Crippen molar-refractivity contribution in [3.8, 4) is 0 Å². The van der Waals surface area contributed by atoms with Gasteiger partial charge in [-0.2, -0.15) is 0 Å². The molecular formula is C15H24FN. The van der Waals surface area contributed by atoms with Crippen LogP contribution in [-0.2, 0) is 6.42 Å².